The lowest BCUT2D eigenvalue weighted by molar-refractivity contribution is -0.143. The van der Waals surface area contributed by atoms with Gasteiger partial charge in [-0.25, -0.2) is 0 Å². The number of likely N-dealkylation sites (tertiary alicyclic amines) is 1. The minimum absolute atomic E-state index is 0.108. The summed E-state index contributed by atoms with van der Waals surface area (Å²) in [6.07, 6.45) is 6.19. The van der Waals surface area contributed by atoms with Crippen molar-refractivity contribution in [3.8, 4) is 0 Å². The second-order valence-corrected chi connectivity index (χ2v) is 6.33. The molecule has 1 aliphatic rings. The maximum Gasteiger partial charge on any atom is 0.305 e. The van der Waals surface area contributed by atoms with Crippen LogP contribution < -0.4 is 0 Å². The molecule has 0 aromatic carbocycles. The number of carbonyl (C=O) groups excluding carboxylic acids is 2. The van der Waals surface area contributed by atoms with Gasteiger partial charge in [-0.05, 0) is 44.4 Å². The molecule has 0 N–H and O–H groups in total. The first-order valence-electron chi connectivity index (χ1n) is 8.48. The Labute approximate surface area is 129 Å². The SMILES string of the molecule is CCOC(=O)CCCCCN1CCC(C(C)C)CCC1=O. The van der Waals surface area contributed by atoms with E-state index in [1.165, 1.54) is 0 Å². The van der Waals surface area contributed by atoms with Gasteiger partial charge in [-0.2, -0.15) is 0 Å². The van der Waals surface area contributed by atoms with Crippen LogP contribution in [0.5, 0.6) is 0 Å². The standard InChI is InChI=1S/C17H31NO3/c1-4-21-17(20)8-6-5-7-12-18-13-11-15(14(2)3)9-10-16(18)19/h14-15H,4-13H2,1-3H3. The number of unbranched alkanes of at least 4 members (excludes halogenated alkanes) is 2. The Morgan fingerprint density at radius 3 is 2.71 bits per heavy atom. The number of carbonyl (C=O) groups is 2. The lowest BCUT2D eigenvalue weighted by Gasteiger charge is -2.21. The Balaban J connectivity index is 2.19. The van der Waals surface area contributed by atoms with Gasteiger partial charge in [-0.15, -0.1) is 0 Å². The molecule has 0 aromatic rings. The van der Waals surface area contributed by atoms with E-state index in [2.05, 4.69) is 13.8 Å². The third kappa shape index (κ3) is 6.96. The van der Waals surface area contributed by atoms with Crippen LogP contribution in [0.15, 0.2) is 0 Å². The molecule has 4 heteroatoms. The summed E-state index contributed by atoms with van der Waals surface area (Å²) in [5.74, 6) is 1.55. The summed E-state index contributed by atoms with van der Waals surface area (Å²) < 4.78 is 4.90. The van der Waals surface area contributed by atoms with Gasteiger partial charge in [0.05, 0.1) is 6.61 Å². The molecule has 0 bridgehead atoms. The van der Waals surface area contributed by atoms with Gasteiger partial charge >= 0.3 is 5.97 Å². The molecule has 0 aromatic heterocycles. The average Bonchev–Trinajstić information content (AvgIpc) is 2.61. The van der Waals surface area contributed by atoms with Crippen molar-refractivity contribution in [3.63, 3.8) is 0 Å². The summed E-state index contributed by atoms with van der Waals surface area (Å²) in [6, 6.07) is 0. The van der Waals surface area contributed by atoms with Crippen molar-refractivity contribution < 1.29 is 14.3 Å². The van der Waals surface area contributed by atoms with Crippen LogP contribution in [0.25, 0.3) is 0 Å². The molecule has 0 spiro atoms. The maximum absolute atomic E-state index is 12.1. The molecule has 4 nitrogen and oxygen atoms in total. The number of hydrogen-bond acceptors (Lipinski definition) is 3. The van der Waals surface area contributed by atoms with Crippen molar-refractivity contribution in [2.24, 2.45) is 11.8 Å². The zero-order valence-electron chi connectivity index (χ0n) is 13.9. The van der Waals surface area contributed by atoms with E-state index in [0.29, 0.717) is 37.2 Å². The number of amides is 1. The van der Waals surface area contributed by atoms with Gasteiger partial charge in [-0.3, -0.25) is 9.59 Å². The summed E-state index contributed by atoms with van der Waals surface area (Å²) >= 11 is 0. The van der Waals surface area contributed by atoms with Crippen molar-refractivity contribution in [2.75, 3.05) is 19.7 Å². The number of esters is 1. The normalized spacial score (nSPS) is 19.7. The van der Waals surface area contributed by atoms with Crippen LogP contribution in [0, 0.1) is 11.8 Å². The fraction of sp³-hybridized carbons (Fsp3) is 0.882. The van der Waals surface area contributed by atoms with Crippen molar-refractivity contribution in [3.05, 3.63) is 0 Å². The molecule has 0 saturated carbocycles. The third-order valence-corrected chi connectivity index (χ3v) is 4.41. The van der Waals surface area contributed by atoms with Crippen LogP contribution in [0.4, 0.5) is 0 Å². The van der Waals surface area contributed by atoms with Gasteiger partial charge in [0.2, 0.25) is 5.91 Å². The lowest BCUT2D eigenvalue weighted by Crippen LogP contribution is -2.31. The van der Waals surface area contributed by atoms with Crippen molar-refractivity contribution in [1.29, 1.82) is 0 Å². The molecular formula is C17H31NO3. The molecule has 1 unspecified atom stereocenters. The number of nitrogens with zero attached hydrogens (tertiary/aromatic N) is 1. The van der Waals surface area contributed by atoms with E-state index in [1.807, 2.05) is 11.8 Å². The van der Waals surface area contributed by atoms with Crippen molar-refractivity contribution >= 4 is 11.9 Å². The number of hydrogen-bond donors (Lipinski definition) is 0. The van der Waals surface area contributed by atoms with Gasteiger partial charge in [0.15, 0.2) is 0 Å². The average molecular weight is 297 g/mol. The first-order chi connectivity index (χ1) is 10.0. The Kier molecular flexibility index (Phi) is 8.40. The van der Waals surface area contributed by atoms with Crippen molar-refractivity contribution in [1.82, 2.24) is 4.90 Å². The minimum Gasteiger partial charge on any atom is -0.466 e. The van der Waals surface area contributed by atoms with E-state index in [4.69, 9.17) is 4.74 Å². The molecule has 1 saturated heterocycles. The monoisotopic (exact) mass is 297 g/mol. The van der Waals surface area contributed by atoms with Gasteiger partial charge in [0, 0.05) is 25.9 Å². The summed E-state index contributed by atoms with van der Waals surface area (Å²) in [5.41, 5.74) is 0. The molecule has 0 aliphatic carbocycles. The lowest BCUT2D eigenvalue weighted by atomic mass is 9.89. The fourth-order valence-corrected chi connectivity index (χ4v) is 2.94. The molecule has 1 atom stereocenters. The maximum atomic E-state index is 12.1. The van der Waals surface area contributed by atoms with Crippen LogP contribution >= 0.6 is 0 Å². The second kappa shape index (κ2) is 9.80. The number of ether oxygens (including phenoxy) is 1. The molecular weight excluding hydrogens is 266 g/mol. The Hall–Kier alpha value is -1.06. The molecule has 21 heavy (non-hydrogen) atoms. The Morgan fingerprint density at radius 1 is 1.29 bits per heavy atom. The smallest absolute Gasteiger partial charge is 0.305 e. The predicted molar refractivity (Wildman–Crippen MR) is 83.9 cm³/mol. The van der Waals surface area contributed by atoms with Crippen LogP contribution in [0.3, 0.4) is 0 Å². The van der Waals surface area contributed by atoms with E-state index in [9.17, 15) is 9.59 Å². The van der Waals surface area contributed by atoms with Crippen molar-refractivity contribution in [2.45, 2.75) is 65.7 Å². The summed E-state index contributed by atoms with van der Waals surface area (Å²) in [5, 5.41) is 0. The van der Waals surface area contributed by atoms with E-state index in [1.54, 1.807) is 0 Å². The van der Waals surface area contributed by atoms with E-state index in [0.717, 1.165) is 45.2 Å². The zero-order valence-corrected chi connectivity index (χ0v) is 13.9. The molecule has 0 radical (unpaired) electrons. The third-order valence-electron chi connectivity index (χ3n) is 4.41. The predicted octanol–water partition coefficient (Wildman–Crippen LogP) is 3.39. The molecule has 1 aliphatic heterocycles. The Morgan fingerprint density at radius 2 is 2.05 bits per heavy atom. The first-order valence-corrected chi connectivity index (χ1v) is 8.48. The fourth-order valence-electron chi connectivity index (χ4n) is 2.94. The summed E-state index contributed by atoms with van der Waals surface area (Å²) in [6.45, 7) is 8.53. The highest BCUT2D eigenvalue weighted by Crippen LogP contribution is 2.25. The highest BCUT2D eigenvalue weighted by atomic mass is 16.5. The second-order valence-electron chi connectivity index (χ2n) is 6.33. The van der Waals surface area contributed by atoms with E-state index < -0.39 is 0 Å². The first kappa shape index (κ1) is 18.0. The van der Waals surface area contributed by atoms with E-state index >= 15 is 0 Å². The van der Waals surface area contributed by atoms with Crippen LogP contribution in [-0.2, 0) is 14.3 Å². The van der Waals surface area contributed by atoms with Gasteiger partial charge in [0.25, 0.3) is 0 Å². The highest BCUT2D eigenvalue weighted by Gasteiger charge is 2.23. The van der Waals surface area contributed by atoms with Crippen LogP contribution in [0.1, 0.15) is 65.7 Å². The van der Waals surface area contributed by atoms with Gasteiger partial charge in [0.1, 0.15) is 0 Å². The summed E-state index contributed by atoms with van der Waals surface area (Å²) in [7, 11) is 0. The minimum atomic E-state index is -0.108. The zero-order chi connectivity index (χ0) is 15.7. The summed E-state index contributed by atoms with van der Waals surface area (Å²) in [4.78, 5) is 25.3. The molecule has 1 amide bonds. The molecule has 1 heterocycles. The van der Waals surface area contributed by atoms with Crippen LogP contribution in [-0.4, -0.2) is 36.5 Å². The van der Waals surface area contributed by atoms with E-state index in [-0.39, 0.29) is 5.97 Å². The molecule has 1 fully saturated rings. The number of rotatable bonds is 8. The topological polar surface area (TPSA) is 46.6 Å². The van der Waals surface area contributed by atoms with Gasteiger partial charge in [-0.1, -0.05) is 20.3 Å². The molecule has 122 valence electrons. The largest absolute Gasteiger partial charge is 0.466 e. The Bertz CT molecular complexity index is 328. The quantitative estimate of drug-likeness (QED) is 0.509. The van der Waals surface area contributed by atoms with Gasteiger partial charge < -0.3 is 9.64 Å². The highest BCUT2D eigenvalue weighted by molar-refractivity contribution is 5.76. The van der Waals surface area contributed by atoms with Crippen LogP contribution in [0.2, 0.25) is 0 Å². The molecule has 1 rings (SSSR count).